The molecule has 0 heterocycles. The molecule has 0 fully saturated rings. The molecule has 0 aliphatic rings. The van der Waals surface area contributed by atoms with Gasteiger partial charge in [0.05, 0.1) is 0 Å². The van der Waals surface area contributed by atoms with Gasteiger partial charge in [-0.1, -0.05) is 0 Å². The molecule has 0 unspecified atom stereocenters. The van der Waals surface area contributed by atoms with Crippen LogP contribution in [0, 0.1) is 0 Å². The van der Waals surface area contributed by atoms with E-state index in [1.807, 2.05) is 0 Å². The summed E-state index contributed by atoms with van der Waals surface area (Å²) in [6.45, 7) is 0. The Hall–Kier alpha value is 3.19. The zero-order valence-electron chi connectivity index (χ0n) is 16.6. The second kappa shape index (κ2) is 155. The van der Waals surface area contributed by atoms with Crippen molar-refractivity contribution < 1.29 is 239 Å². The molecule has 37 heavy (non-hydrogen) atoms. The summed E-state index contributed by atoms with van der Waals surface area (Å²) in [5, 5.41) is 0. The predicted molar refractivity (Wildman–Crippen MR) is 54.3 cm³/mol. The van der Waals surface area contributed by atoms with Crippen molar-refractivity contribution >= 4 is 98.6 Å². The third kappa shape index (κ3) is 5330. The first kappa shape index (κ1) is 115. The van der Waals surface area contributed by atoms with Gasteiger partial charge in [-0.3, -0.25) is 0 Å². The summed E-state index contributed by atoms with van der Waals surface area (Å²) in [7, 11) is -14.5. The zero-order chi connectivity index (χ0) is 25.1. The van der Waals surface area contributed by atoms with Gasteiger partial charge < -0.3 is 78.1 Å². The van der Waals surface area contributed by atoms with E-state index in [-0.39, 0.29) is 151 Å². The van der Waals surface area contributed by atoms with Crippen LogP contribution in [0.5, 0.6) is 0 Å². The van der Waals surface area contributed by atoms with Gasteiger partial charge in [0.25, 0.3) is 0 Å². The number of rotatable bonds is 0. The van der Waals surface area contributed by atoms with Crippen molar-refractivity contribution in [3.05, 3.63) is 0 Å². The quantitative estimate of drug-likeness (QED) is 0.203. The van der Waals surface area contributed by atoms with Crippen LogP contribution in [0.2, 0.25) is 0 Å². The first-order valence-corrected chi connectivity index (χ1v) is 13.0. The van der Waals surface area contributed by atoms with E-state index >= 15 is 0 Å². The summed E-state index contributed by atoms with van der Waals surface area (Å²) in [5.41, 5.74) is 0. The summed E-state index contributed by atoms with van der Waals surface area (Å²) in [4.78, 5) is 68.1. The van der Waals surface area contributed by atoms with Crippen LogP contribution in [-0.2, 0) is 184 Å². The Balaban J connectivity index is -0.00000000799. The molecule has 0 spiro atoms. The van der Waals surface area contributed by atoms with Crippen molar-refractivity contribution in [1.82, 2.24) is 0 Å². The third-order valence-corrected chi connectivity index (χ3v) is 0. The van der Waals surface area contributed by atoms with Crippen LogP contribution >= 0.6 is 0 Å². The standard InChI is InChI=1S/4Al.5Hf.4O3Si.12O/c;;;;;;;;;4*1-4(2)3;;;;;;;;;;;;/q;;;;5*+4;4*-2;;;;;4*-2;4*-1. The van der Waals surface area contributed by atoms with E-state index in [0.717, 1.165) is 0 Å². The van der Waals surface area contributed by atoms with Crippen LogP contribution in [0.3, 0.4) is 0 Å². The molecule has 0 aromatic heterocycles. The predicted octanol–water partition coefficient (Wildman–Crippen LogP) is -18.8. The monoisotopic (exact) mass is 1500 g/mol. The molecule has 0 bridgehead atoms. The molecule has 0 atom stereocenters. The zero-order valence-corrected chi connectivity index (χ0v) is 43.2. The van der Waals surface area contributed by atoms with Gasteiger partial charge in [-0.15, -0.1) is 0 Å². The van der Waals surface area contributed by atoms with E-state index in [0.29, 0.717) is 0 Å². The van der Waals surface area contributed by atoms with Crippen LogP contribution < -0.4 is 55.0 Å². The van der Waals surface area contributed by atoms with Gasteiger partial charge in [0.2, 0.25) is 0 Å². The number of hydrogen-bond acceptors (Lipinski definition) is 20. The molecule has 0 aliphatic carbocycles. The van der Waals surface area contributed by atoms with Gasteiger partial charge in [0.1, 0.15) is 0 Å². The molecule has 37 heteroatoms. The Labute approximate surface area is 332 Å². The average molecular weight is 1500 g/mol. The molecule has 0 radical (unpaired) electrons. The first-order chi connectivity index (χ1) is 12.6. The van der Waals surface area contributed by atoms with Gasteiger partial charge in [-0.25, -0.2) is 0 Å². The van der Waals surface area contributed by atoms with Crippen LogP contribution in [0.4, 0.5) is 0 Å². The van der Waals surface area contributed by atoms with Crippen molar-refractivity contribution in [3.8, 4) is 0 Å². The maximum absolute atomic E-state index is 8.52. The SMILES string of the molecule is O=[Si]([O-])[O-].O=[Si]([O-])[O-].O=[Si]([O-])[O-].O=[Si]([O-])[O-].[Hf+4].[Hf+4].[Hf+4].[Hf+4].[Hf+4].[O-2].[O-2].[O-2].[O-2].[O]=[Al][O-].[O]=[Al][O-].[O]=[Al][O-].[O]=[Al][O-]. The fourth-order valence-corrected chi connectivity index (χ4v) is 0. The molecule has 0 saturated heterocycles. The molecule has 0 amide bonds. The second-order valence-corrected chi connectivity index (χ2v) is 4.15. The molecular formula is Al4Hf5O24Si4. The topological polar surface area (TPSA) is 527 Å². The Morgan fingerprint density at radius 2 is 0.324 bits per heavy atom. The van der Waals surface area contributed by atoms with Crippen molar-refractivity contribution in [2.24, 2.45) is 0 Å². The van der Waals surface area contributed by atoms with Crippen molar-refractivity contribution in [1.29, 1.82) is 0 Å². The fourth-order valence-electron chi connectivity index (χ4n) is 0. The molecule has 0 saturated carbocycles. The van der Waals surface area contributed by atoms with Gasteiger partial charge in [-0.05, 0) is 0 Å². The Morgan fingerprint density at radius 3 is 0.324 bits per heavy atom. The molecule has 0 rings (SSSR count). The van der Waals surface area contributed by atoms with Gasteiger partial charge in [0.15, 0.2) is 0 Å². The van der Waals surface area contributed by atoms with E-state index in [2.05, 4.69) is 0 Å². The molecule has 0 aromatic carbocycles. The van der Waals surface area contributed by atoms with E-state index in [4.69, 9.17) is 88.1 Å². The maximum atomic E-state index is 8.52. The van der Waals surface area contributed by atoms with Gasteiger partial charge in [-0.2, -0.15) is 0 Å². The molecule has 0 aromatic rings. The normalized spacial score (nSPS) is 3.46. The van der Waals surface area contributed by atoms with Crippen LogP contribution in [-0.4, -0.2) is 98.6 Å². The van der Waals surface area contributed by atoms with E-state index in [1.54, 1.807) is 0 Å². The van der Waals surface area contributed by atoms with Crippen molar-refractivity contribution in [2.45, 2.75) is 0 Å². The summed E-state index contributed by atoms with van der Waals surface area (Å²) < 4.78 is 102. The average Bonchev–Trinajstić information content (AvgIpc) is 2.38. The summed E-state index contributed by atoms with van der Waals surface area (Å²) >= 11 is -7.00. The Kier molecular flexibility index (Phi) is 482. The first-order valence-electron chi connectivity index (χ1n) is 4.34. The molecule has 0 aliphatic heterocycles. The van der Waals surface area contributed by atoms with Crippen molar-refractivity contribution in [2.75, 3.05) is 0 Å². The molecule has 0 N–H and O–H groups in total. The summed E-state index contributed by atoms with van der Waals surface area (Å²) in [5.74, 6) is 0. The molecule has 24 nitrogen and oxygen atoms in total. The summed E-state index contributed by atoms with van der Waals surface area (Å²) in [6.07, 6.45) is 0. The number of hydrogen-bond donors (Lipinski definition) is 0. The van der Waals surface area contributed by atoms with E-state index in [9.17, 15) is 0 Å². The molecule has 192 valence electrons. The third-order valence-electron chi connectivity index (χ3n) is 0. The van der Waals surface area contributed by atoms with Crippen molar-refractivity contribution in [3.63, 3.8) is 0 Å². The molecular weight excluding hydrogens is 1500 g/mol. The Bertz CT molecular complexity index is 315. The summed E-state index contributed by atoms with van der Waals surface area (Å²) in [6, 6.07) is 0. The fraction of sp³-hybridized carbons (Fsp3) is 0. The second-order valence-electron chi connectivity index (χ2n) is 1.38. The minimum absolute atomic E-state index is 0. The van der Waals surface area contributed by atoms with Gasteiger partial charge >= 0.3 is 223 Å². The Morgan fingerprint density at radius 1 is 0.324 bits per heavy atom. The van der Waals surface area contributed by atoms with E-state index < -0.39 is 98.6 Å². The van der Waals surface area contributed by atoms with Crippen LogP contribution in [0.1, 0.15) is 0 Å². The van der Waals surface area contributed by atoms with Crippen LogP contribution in [0.15, 0.2) is 0 Å². The van der Waals surface area contributed by atoms with E-state index in [1.165, 1.54) is 0 Å². The minimum atomic E-state index is -3.63. The van der Waals surface area contributed by atoms with Crippen LogP contribution in [0.25, 0.3) is 0 Å². The van der Waals surface area contributed by atoms with Gasteiger partial charge in [0, 0.05) is 36.7 Å².